The van der Waals surface area contributed by atoms with Crippen molar-refractivity contribution in [1.29, 1.82) is 0 Å². The molecule has 0 aliphatic rings. The van der Waals surface area contributed by atoms with Gasteiger partial charge >= 0.3 is 5.97 Å². The zero-order valence-corrected chi connectivity index (χ0v) is 8.47. The average Bonchev–Trinajstić information content (AvgIpc) is 2.01. The number of hydrogen-bond donors (Lipinski definition) is 1. The summed E-state index contributed by atoms with van der Waals surface area (Å²) in [4.78, 5) is 10.6. The maximum absolute atomic E-state index is 10.6. The molecular weight excluding hydrogens is 194 g/mol. The van der Waals surface area contributed by atoms with Gasteiger partial charge in [0.1, 0.15) is 0 Å². The summed E-state index contributed by atoms with van der Waals surface area (Å²) < 4.78 is 25.4. The van der Waals surface area contributed by atoms with Crippen LogP contribution < -0.4 is 5.14 Å². The number of carbonyl (C=O) groups is 1. The Balaban J connectivity index is 3.33. The quantitative estimate of drug-likeness (QED) is 0.493. The molecule has 0 heterocycles. The van der Waals surface area contributed by atoms with Gasteiger partial charge in [0.15, 0.2) is 0 Å². The molecule has 78 valence electrons. The predicted octanol–water partition coefficient (Wildman–Crippen LogP) is 0.00830. The molecule has 0 saturated carbocycles. The minimum atomic E-state index is -3.35. The topological polar surface area (TPSA) is 86.5 Å². The van der Waals surface area contributed by atoms with Crippen LogP contribution in [-0.2, 0) is 19.6 Å². The lowest BCUT2D eigenvalue weighted by molar-refractivity contribution is -0.140. The van der Waals surface area contributed by atoms with Gasteiger partial charge in [0, 0.05) is 6.42 Å². The molecule has 0 saturated heterocycles. The van der Waals surface area contributed by atoms with E-state index in [9.17, 15) is 13.2 Å². The molecule has 13 heavy (non-hydrogen) atoms. The first-order chi connectivity index (χ1) is 5.95. The maximum Gasteiger partial charge on any atom is 0.305 e. The Kier molecular flexibility index (Phi) is 5.65. The summed E-state index contributed by atoms with van der Waals surface area (Å²) in [6.45, 7) is 0. The molecule has 0 unspecified atom stereocenters. The Labute approximate surface area is 78.3 Å². The van der Waals surface area contributed by atoms with E-state index in [1.165, 1.54) is 7.11 Å². The van der Waals surface area contributed by atoms with Crippen LogP contribution in [0, 0.1) is 0 Å². The van der Waals surface area contributed by atoms with Gasteiger partial charge in [-0.25, -0.2) is 13.6 Å². The van der Waals surface area contributed by atoms with E-state index in [-0.39, 0.29) is 11.7 Å². The zero-order chi connectivity index (χ0) is 10.3. The second-order valence-electron chi connectivity index (χ2n) is 2.75. The summed E-state index contributed by atoms with van der Waals surface area (Å²) in [7, 11) is -2.02. The maximum atomic E-state index is 10.6. The number of esters is 1. The molecule has 0 amide bonds. The van der Waals surface area contributed by atoms with E-state index in [1.807, 2.05) is 0 Å². The highest BCUT2D eigenvalue weighted by molar-refractivity contribution is 7.89. The summed E-state index contributed by atoms with van der Waals surface area (Å²) in [6, 6.07) is 0. The number of unbranched alkanes of at least 4 members (excludes halogenated alkanes) is 2. The third-order valence-corrected chi connectivity index (χ3v) is 2.40. The number of carbonyl (C=O) groups excluding carboxylic acids is 1. The monoisotopic (exact) mass is 209 g/mol. The minimum absolute atomic E-state index is 0.0197. The standard InChI is InChI=1S/C7H15NO4S/c1-12-7(9)5-3-2-4-6-13(8,10)11/h2-6H2,1H3,(H2,8,10,11). The molecule has 6 heteroatoms. The largest absolute Gasteiger partial charge is 0.469 e. The van der Waals surface area contributed by atoms with Gasteiger partial charge < -0.3 is 4.74 Å². The average molecular weight is 209 g/mol. The van der Waals surface area contributed by atoms with E-state index in [0.29, 0.717) is 25.7 Å². The van der Waals surface area contributed by atoms with Crippen molar-refractivity contribution in [2.75, 3.05) is 12.9 Å². The van der Waals surface area contributed by atoms with Crippen LogP contribution in [0.3, 0.4) is 0 Å². The van der Waals surface area contributed by atoms with Crippen LogP contribution in [0.15, 0.2) is 0 Å². The van der Waals surface area contributed by atoms with Crippen LogP contribution in [0.4, 0.5) is 0 Å². The summed E-state index contributed by atoms with van der Waals surface area (Å²) in [5, 5.41) is 4.78. The molecular formula is C7H15NO4S. The van der Waals surface area contributed by atoms with Crippen molar-refractivity contribution in [3.8, 4) is 0 Å². The predicted molar refractivity (Wildman–Crippen MR) is 48.5 cm³/mol. The van der Waals surface area contributed by atoms with Crippen molar-refractivity contribution in [1.82, 2.24) is 0 Å². The van der Waals surface area contributed by atoms with Crippen molar-refractivity contribution in [2.45, 2.75) is 25.7 Å². The Morgan fingerprint density at radius 1 is 1.31 bits per heavy atom. The number of rotatable bonds is 6. The molecule has 2 N–H and O–H groups in total. The molecule has 5 nitrogen and oxygen atoms in total. The van der Waals surface area contributed by atoms with Crippen LogP contribution in [0.1, 0.15) is 25.7 Å². The van der Waals surface area contributed by atoms with Crippen LogP contribution in [0.2, 0.25) is 0 Å². The first-order valence-electron chi connectivity index (χ1n) is 4.03. The van der Waals surface area contributed by atoms with Gasteiger partial charge in [-0.15, -0.1) is 0 Å². The molecule has 0 aromatic heterocycles. The van der Waals surface area contributed by atoms with Crippen LogP contribution in [0.25, 0.3) is 0 Å². The number of primary sulfonamides is 1. The number of methoxy groups -OCH3 is 1. The van der Waals surface area contributed by atoms with Gasteiger partial charge in [-0.3, -0.25) is 4.79 Å². The van der Waals surface area contributed by atoms with Gasteiger partial charge in [0.05, 0.1) is 12.9 Å². The highest BCUT2D eigenvalue weighted by Gasteiger charge is 2.03. The lowest BCUT2D eigenvalue weighted by atomic mass is 10.2. The van der Waals surface area contributed by atoms with E-state index >= 15 is 0 Å². The zero-order valence-electron chi connectivity index (χ0n) is 7.65. The second-order valence-corrected chi connectivity index (χ2v) is 4.49. The van der Waals surface area contributed by atoms with Crippen LogP contribution >= 0.6 is 0 Å². The molecule has 0 bridgehead atoms. The fourth-order valence-electron chi connectivity index (χ4n) is 0.851. The Hall–Kier alpha value is -0.620. The minimum Gasteiger partial charge on any atom is -0.469 e. The van der Waals surface area contributed by atoms with Gasteiger partial charge in [-0.2, -0.15) is 0 Å². The third kappa shape index (κ3) is 9.29. The van der Waals surface area contributed by atoms with Crippen molar-refractivity contribution in [3.05, 3.63) is 0 Å². The fraction of sp³-hybridized carbons (Fsp3) is 0.857. The molecule has 0 spiro atoms. The lowest BCUT2D eigenvalue weighted by Crippen LogP contribution is -2.16. The summed E-state index contributed by atoms with van der Waals surface area (Å²) in [5.41, 5.74) is 0. The molecule has 0 aromatic rings. The smallest absolute Gasteiger partial charge is 0.305 e. The van der Waals surface area contributed by atoms with E-state index in [0.717, 1.165) is 0 Å². The first-order valence-corrected chi connectivity index (χ1v) is 5.74. The van der Waals surface area contributed by atoms with Gasteiger partial charge in [-0.1, -0.05) is 6.42 Å². The third-order valence-electron chi connectivity index (χ3n) is 1.54. The van der Waals surface area contributed by atoms with E-state index < -0.39 is 10.0 Å². The highest BCUT2D eigenvalue weighted by atomic mass is 32.2. The molecule has 0 rings (SSSR count). The molecule has 0 radical (unpaired) electrons. The SMILES string of the molecule is COC(=O)CCCCCS(N)(=O)=O. The first kappa shape index (κ1) is 12.4. The van der Waals surface area contributed by atoms with Gasteiger partial charge in [0.2, 0.25) is 10.0 Å². The number of ether oxygens (including phenoxy) is 1. The molecule has 0 atom stereocenters. The Morgan fingerprint density at radius 2 is 1.92 bits per heavy atom. The molecule has 0 aliphatic carbocycles. The van der Waals surface area contributed by atoms with Crippen molar-refractivity contribution < 1.29 is 17.9 Å². The fourth-order valence-corrected chi connectivity index (χ4v) is 1.46. The lowest BCUT2D eigenvalue weighted by Gasteiger charge is -1.99. The molecule has 0 aliphatic heterocycles. The van der Waals surface area contributed by atoms with Crippen molar-refractivity contribution >= 4 is 16.0 Å². The van der Waals surface area contributed by atoms with E-state index in [4.69, 9.17) is 5.14 Å². The van der Waals surface area contributed by atoms with Crippen LogP contribution in [0.5, 0.6) is 0 Å². The second kappa shape index (κ2) is 5.93. The highest BCUT2D eigenvalue weighted by Crippen LogP contribution is 2.01. The number of nitrogens with two attached hydrogens (primary N) is 1. The Bertz CT molecular complexity index is 247. The number of hydrogen-bond acceptors (Lipinski definition) is 4. The molecule has 0 fully saturated rings. The van der Waals surface area contributed by atoms with E-state index in [1.54, 1.807) is 0 Å². The van der Waals surface area contributed by atoms with Gasteiger partial charge in [-0.05, 0) is 12.8 Å². The summed E-state index contributed by atoms with van der Waals surface area (Å²) in [5.74, 6) is -0.288. The van der Waals surface area contributed by atoms with Gasteiger partial charge in [0.25, 0.3) is 0 Å². The Morgan fingerprint density at radius 3 is 2.38 bits per heavy atom. The van der Waals surface area contributed by atoms with Crippen LogP contribution in [-0.4, -0.2) is 27.2 Å². The van der Waals surface area contributed by atoms with Crippen molar-refractivity contribution in [2.24, 2.45) is 5.14 Å². The summed E-state index contributed by atoms with van der Waals surface area (Å²) >= 11 is 0. The van der Waals surface area contributed by atoms with E-state index in [2.05, 4.69) is 4.74 Å². The van der Waals surface area contributed by atoms with Crippen molar-refractivity contribution in [3.63, 3.8) is 0 Å². The normalized spacial score (nSPS) is 11.2. The number of sulfonamides is 1. The molecule has 0 aromatic carbocycles. The summed E-state index contributed by atoms with van der Waals surface area (Å²) in [6.07, 6.45) is 2.14.